The van der Waals surface area contributed by atoms with E-state index in [0.717, 1.165) is 25.2 Å². The van der Waals surface area contributed by atoms with Crippen LogP contribution in [0.4, 0.5) is 0 Å². The average molecular weight is 257 g/mol. The lowest BCUT2D eigenvalue weighted by Gasteiger charge is -2.19. The number of aromatic nitrogens is 2. The van der Waals surface area contributed by atoms with Crippen molar-refractivity contribution < 1.29 is 0 Å². The van der Waals surface area contributed by atoms with Gasteiger partial charge in [0, 0.05) is 18.5 Å². The third kappa shape index (κ3) is 3.56. The van der Waals surface area contributed by atoms with Gasteiger partial charge in [-0.05, 0) is 5.92 Å². The normalized spacial score (nSPS) is 11.5. The molecule has 0 aromatic carbocycles. The summed E-state index contributed by atoms with van der Waals surface area (Å²) in [5.41, 5.74) is -0.0411. The van der Waals surface area contributed by atoms with E-state index in [2.05, 4.69) is 18.8 Å². The third-order valence-corrected chi connectivity index (χ3v) is 3.31. The lowest BCUT2D eigenvalue weighted by Crippen LogP contribution is -2.28. The Kier molecular flexibility index (Phi) is 5.19. The topological polar surface area (TPSA) is 34.9 Å². The molecule has 3 nitrogen and oxygen atoms in total. The van der Waals surface area contributed by atoms with E-state index in [1.165, 1.54) is 6.07 Å². The summed E-state index contributed by atoms with van der Waals surface area (Å²) in [6.45, 7) is 9.10. The molecule has 0 radical (unpaired) electrons. The Morgan fingerprint density at radius 2 is 1.94 bits per heavy atom. The van der Waals surface area contributed by atoms with E-state index >= 15 is 0 Å². The first-order chi connectivity index (χ1) is 7.99. The van der Waals surface area contributed by atoms with E-state index in [-0.39, 0.29) is 11.5 Å². The van der Waals surface area contributed by atoms with Crippen LogP contribution in [0, 0.1) is 5.92 Å². The Morgan fingerprint density at radius 1 is 1.35 bits per heavy atom. The van der Waals surface area contributed by atoms with Crippen molar-refractivity contribution >= 4 is 11.6 Å². The molecule has 0 atom stereocenters. The number of hydrogen-bond acceptors (Lipinski definition) is 2. The van der Waals surface area contributed by atoms with Gasteiger partial charge in [0.2, 0.25) is 0 Å². The smallest absolute Gasteiger partial charge is 0.254 e. The molecule has 0 aliphatic rings. The van der Waals surface area contributed by atoms with Crippen LogP contribution in [-0.4, -0.2) is 9.55 Å². The van der Waals surface area contributed by atoms with Gasteiger partial charge in [-0.3, -0.25) is 9.36 Å². The van der Waals surface area contributed by atoms with E-state index in [1.54, 1.807) is 4.57 Å². The molecule has 0 fully saturated rings. The molecule has 0 aliphatic carbocycles. The molecule has 17 heavy (non-hydrogen) atoms. The zero-order valence-corrected chi connectivity index (χ0v) is 11.8. The van der Waals surface area contributed by atoms with Crippen molar-refractivity contribution in [3.8, 4) is 0 Å². The van der Waals surface area contributed by atoms with Crippen LogP contribution in [0.2, 0.25) is 5.15 Å². The van der Waals surface area contributed by atoms with Gasteiger partial charge in [-0.25, -0.2) is 4.98 Å². The second-order valence-electron chi connectivity index (χ2n) is 4.72. The highest BCUT2D eigenvalue weighted by Gasteiger charge is 2.14. The second kappa shape index (κ2) is 6.20. The zero-order chi connectivity index (χ0) is 13.0. The third-order valence-electron chi connectivity index (χ3n) is 3.12. The van der Waals surface area contributed by atoms with Crippen molar-refractivity contribution in [3.05, 3.63) is 27.4 Å². The zero-order valence-electron chi connectivity index (χ0n) is 11.0. The molecule has 0 amide bonds. The van der Waals surface area contributed by atoms with Crippen LogP contribution in [0.1, 0.15) is 52.3 Å². The van der Waals surface area contributed by atoms with Crippen LogP contribution in [0.3, 0.4) is 0 Å². The molecule has 1 aromatic rings. The second-order valence-corrected chi connectivity index (χ2v) is 5.11. The fraction of sp³-hybridized carbons (Fsp3) is 0.692. The number of hydrogen-bond donors (Lipinski definition) is 0. The summed E-state index contributed by atoms with van der Waals surface area (Å²) < 4.78 is 1.77. The molecule has 0 bridgehead atoms. The highest BCUT2D eigenvalue weighted by atomic mass is 35.5. The lowest BCUT2D eigenvalue weighted by molar-refractivity contribution is 0.396. The maximum absolute atomic E-state index is 12.0. The highest BCUT2D eigenvalue weighted by molar-refractivity contribution is 6.29. The minimum Gasteiger partial charge on any atom is -0.296 e. The first kappa shape index (κ1) is 14.2. The van der Waals surface area contributed by atoms with Gasteiger partial charge in [0.25, 0.3) is 5.56 Å². The van der Waals surface area contributed by atoms with Gasteiger partial charge in [-0.15, -0.1) is 0 Å². The SMILES string of the molecule is CCC(CC)Cn1c(C(C)C)nc(Cl)cc1=O. The quantitative estimate of drug-likeness (QED) is 0.757. The van der Waals surface area contributed by atoms with Gasteiger partial charge in [-0.1, -0.05) is 52.1 Å². The molecule has 1 heterocycles. The number of nitrogens with zero attached hydrogens (tertiary/aromatic N) is 2. The molecule has 0 saturated carbocycles. The molecule has 1 aromatic heterocycles. The number of rotatable bonds is 5. The van der Waals surface area contributed by atoms with Crippen molar-refractivity contribution in [1.29, 1.82) is 0 Å². The van der Waals surface area contributed by atoms with Crippen LogP contribution >= 0.6 is 11.6 Å². The molecule has 0 aliphatic heterocycles. The molecule has 4 heteroatoms. The molecule has 96 valence electrons. The van der Waals surface area contributed by atoms with Gasteiger partial charge in [-0.2, -0.15) is 0 Å². The Hall–Kier alpha value is -0.830. The van der Waals surface area contributed by atoms with Crippen molar-refractivity contribution in [1.82, 2.24) is 9.55 Å². The lowest BCUT2D eigenvalue weighted by atomic mass is 10.0. The Labute approximate surface area is 108 Å². The Bertz CT molecular complexity index is 422. The van der Waals surface area contributed by atoms with E-state index in [0.29, 0.717) is 11.1 Å². The molecule has 0 unspecified atom stereocenters. The van der Waals surface area contributed by atoms with Crippen molar-refractivity contribution in [2.75, 3.05) is 0 Å². The summed E-state index contributed by atoms with van der Waals surface area (Å²) in [4.78, 5) is 16.3. The van der Waals surface area contributed by atoms with Gasteiger partial charge < -0.3 is 0 Å². The fourth-order valence-electron chi connectivity index (χ4n) is 1.92. The van der Waals surface area contributed by atoms with E-state index < -0.39 is 0 Å². The van der Waals surface area contributed by atoms with Gasteiger partial charge in [0.1, 0.15) is 11.0 Å². The maximum atomic E-state index is 12.0. The van der Waals surface area contributed by atoms with Crippen LogP contribution in [0.25, 0.3) is 0 Å². The highest BCUT2D eigenvalue weighted by Crippen LogP contribution is 2.16. The first-order valence-electron chi connectivity index (χ1n) is 6.26. The summed E-state index contributed by atoms with van der Waals surface area (Å²) >= 11 is 5.85. The molecular weight excluding hydrogens is 236 g/mol. The van der Waals surface area contributed by atoms with Crippen LogP contribution < -0.4 is 5.56 Å². The molecule has 1 rings (SSSR count). The minimum absolute atomic E-state index is 0.0411. The van der Waals surface area contributed by atoms with Crippen LogP contribution in [-0.2, 0) is 6.54 Å². The predicted octanol–water partition coefficient (Wildman–Crippen LogP) is 3.46. The summed E-state index contributed by atoms with van der Waals surface area (Å²) in [5, 5.41) is 0.291. The Morgan fingerprint density at radius 3 is 2.41 bits per heavy atom. The van der Waals surface area contributed by atoms with E-state index in [1.807, 2.05) is 13.8 Å². The maximum Gasteiger partial charge on any atom is 0.254 e. The van der Waals surface area contributed by atoms with Crippen LogP contribution in [0.15, 0.2) is 10.9 Å². The van der Waals surface area contributed by atoms with Crippen molar-refractivity contribution in [3.63, 3.8) is 0 Å². The molecular formula is C13H21ClN2O. The van der Waals surface area contributed by atoms with Gasteiger partial charge in [0.15, 0.2) is 0 Å². The average Bonchev–Trinajstić information content (AvgIpc) is 2.27. The Balaban J connectivity index is 3.17. The fourth-order valence-corrected chi connectivity index (χ4v) is 2.10. The summed E-state index contributed by atoms with van der Waals surface area (Å²) in [7, 11) is 0. The number of halogens is 1. The van der Waals surface area contributed by atoms with E-state index in [9.17, 15) is 4.79 Å². The van der Waals surface area contributed by atoms with Crippen molar-refractivity contribution in [2.45, 2.75) is 53.0 Å². The van der Waals surface area contributed by atoms with Crippen LogP contribution in [0.5, 0.6) is 0 Å². The van der Waals surface area contributed by atoms with Gasteiger partial charge in [0.05, 0.1) is 0 Å². The van der Waals surface area contributed by atoms with Crippen molar-refractivity contribution in [2.24, 2.45) is 5.92 Å². The first-order valence-corrected chi connectivity index (χ1v) is 6.64. The monoisotopic (exact) mass is 256 g/mol. The summed E-state index contributed by atoms with van der Waals surface area (Å²) in [6, 6.07) is 1.40. The summed E-state index contributed by atoms with van der Waals surface area (Å²) in [6.07, 6.45) is 2.15. The predicted molar refractivity (Wildman–Crippen MR) is 71.7 cm³/mol. The van der Waals surface area contributed by atoms with Gasteiger partial charge >= 0.3 is 0 Å². The minimum atomic E-state index is -0.0411. The molecule has 0 N–H and O–H groups in total. The summed E-state index contributed by atoms with van der Waals surface area (Å²) in [5.74, 6) is 1.51. The molecule has 0 saturated heterocycles. The standard InChI is InChI=1S/C13H21ClN2O/c1-5-10(6-2)8-16-12(17)7-11(14)15-13(16)9(3)4/h7,9-10H,5-6,8H2,1-4H3. The van der Waals surface area contributed by atoms with E-state index in [4.69, 9.17) is 11.6 Å². The molecule has 0 spiro atoms. The largest absolute Gasteiger partial charge is 0.296 e.